The number of rotatable bonds is 6. The van der Waals surface area contributed by atoms with Gasteiger partial charge in [-0.25, -0.2) is 4.98 Å². The van der Waals surface area contributed by atoms with E-state index >= 15 is 0 Å². The molecule has 0 amide bonds. The van der Waals surface area contributed by atoms with Crippen LogP contribution in [-0.2, 0) is 11.3 Å². The molecule has 3 rings (SSSR count). The predicted octanol–water partition coefficient (Wildman–Crippen LogP) is 1.98. The van der Waals surface area contributed by atoms with Crippen LogP contribution < -0.4 is 10.5 Å². The van der Waals surface area contributed by atoms with E-state index in [9.17, 15) is 0 Å². The van der Waals surface area contributed by atoms with E-state index in [1.807, 2.05) is 30.5 Å². The van der Waals surface area contributed by atoms with Gasteiger partial charge in [0, 0.05) is 42.8 Å². The molecule has 1 aliphatic heterocycles. The molecule has 1 fully saturated rings. The van der Waals surface area contributed by atoms with E-state index < -0.39 is 0 Å². The van der Waals surface area contributed by atoms with E-state index in [0.29, 0.717) is 13.2 Å². The molecule has 2 N–H and O–H groups in total. The maximum absolute atomic E-state index is 5.81. The van der Waals surface area contributed by atoms with Crippen LogP contribution in [0.5, 0.6) is 5.75 Å². The van der Waals surface area contributed by atoms with Crippen LogP contribution in [-0.4, -0.2) is 49.3 Å². The highest BCUT2D eigenvalue weighted by Crippen LogP contribution is 2.26. The van der Waals surface area contributed by atoms with Gasteiger partial charge in [0.15, 0.2) is 0 Å². The monoisotopic (exact) mass is 319 g/mol. The molecule has 1 saturated heterocycles. The summed E-state index contributed by atoms with van der Waals surface area (Å²) in [6.45, 7) is 5.83. The molecule has 1 aliphatic rings. The smallest absolute Gasteiger partial charge is 0.123 e. The van der Waals surface area contributed by atoms with Crippen LogP contribution in [0.4, 0.5) is 0 Å². The van der Waals surface area contributed by atoms with Crippen molar-refractivity contribution in [2.24, 2.45) is 5.73 Å². The van der Waals surface area contributed by atoms with E-state index in [1.165, 1.54) is 0 Å². The maximum Gasteiger partial charge on any atom is 0.123 e. The molecule has 0 spiro atoms. The van der Waals surface area contributed by atoms with Gasteiger partial charge in [-0.05, 0) is 24.3 Å². The second kappa shape index (κ2) is 7.69. The fraction of sp³-hybridized carbons (Fsp3) is 0.438. The molecule has 0 saturated carbocycles. The molecule has 0 bridgehead atoms. The molecule has 1 aromatic carbocycles. The van der Waals surface area contributed by atoms with Gasteiger partial charge in [0.25, 0.3) is 0 Å². The summed E-state index contributed by atoms with van der Waals surface area (Å²) in [5.74, 6) is 0.896. The predicted molar refractivity (Wildman–Crippen MR) is 88.2 cm³/mol. The summed E-state index contributed by atoms with van der Waals surface area (Å²) in [6, 6.07) is 8.09. The van der Waals surface area contributed by atoms with Crippen molar-refractivity contribution in [3.05, 3.63) is 35.3 Å². The number of hydrogen-bond acceptors (Lipinski definition) is 6. The van der Waals surface area contributed by atoms with Crippen molar-refractivity contribution in [3.63, 3.8) is 0 Å². The third-order valence-corrected chi connectivity index (χ3v) is 4.70. The molecule has 2 heterocycles. The Labute approximate surface area is 134 Å². The van der Waals surface area contributed by atoms with Crippen LogP contribution in [0, 0.1) is 0 Å². The van der Waals surface area contributed by atoms with Gasteiger partial charge in [-0.3, -0.25) is 4.90 Å². The Kier molecular flexibility index (Phi) is 5.39. The number of nitrogens with two attached hydrogens (primary N) is 1. The Morgan fingerprint density at radius 1 is 1.23 bits per heavy atom. The largest absolute Gasteiger partial charge is 0.492 e. The highest BCUT2D eigenvalue weighted by Gasteiger charge is 2.10. The SMILES string of the molecule is NCc1cnc(-c2ccc(OCCN3CCOCC3)cc2)s1. The molecule has 118 valence electrons. The van der Waals surface area contributed by atoms with Crippen molar-refractivity contribution in [2.75, 3.05) is 39.5 Å². The first-order chi connectivity index (χ1) is 10.8. The Morgan fingerprint density at radius 3 is 2.68 bits per heavy atom. The van der Waals surface area contributed by atoms with Crippen LogP contribution >= 0.6 is 11.3 Å². The zero-order valence-electron chi connectivity index (χ0n) is 12.5. The molecule has 0 aliphatic carbocycles. The molecule has 0 unspecified atom stereocenters. The van der Waals surface area contributed by atoms with Gasteiger partial charge in [-0.15, -0.1) is 11.3 Å². The third kappa shape index (κ3) is 4.04. The van der Waals surface area contributed by atoms with Crippen molar-refractivity contribution in [1.29, 1.82) is 0 Å². The van der Waals surface area contributed by atoms with Gasteiger partial charge in [0.05, 0.1) is 13.2 Å². The quantitative estimate of drug-likeness (QED) is 0.882. The molecule has 6 heteroatoms. The fourth-order valence-corrected chi connectivity index (χ4v) is 3.14. The van der Waals surface area contributed by atoms with Gasteiger partial charge in [-0.2, -0.15) is 0 Å². The Hall–Kier alpha value is -1.47. The number of ether oxygens (including phenoxy) is 2. The lowest BCUT2D eigenvalue weighted by Gasteiger charge is -2.26. The van der Waals surface area contributed by atoms with Crippen molar-refractivity contribution in [1.82, 2.24) is 9.88 Å². The molecule has 22 heavy (non-hydrogen) atoms. The number of benzene rings is 1. The van der Waals surface area contributed by atoms with E-state index in [2.05, 4.69) is 9.88 Å². The Bertz CT molecular complexity index is 579. The van der Waals surface area contributed by atoms with Crippen molar-refractivity contribution >= 4 is 11.3 Å². The van der Waals surface area contributed by atoms with E-state index in [-0.39, 0.29) is 0 Å². The first kappa shape index (κ1) is 15.4. The average Bonchev–Trinajstić information content (AvgIpc) is 3.06. The average molecular weight is 319 g/mol. The number of thiazole rings is 1. The van der Waals surface area contributed by atoms with Crippen LogP contribution in [0.1, 0.15) is 4.88 Å². The Balaban J connectivity index is 1.50. The van der Waals surface area contributed by atoms with E-state index in [1.54, 1.807) is 11.3 Å². The van der Waals surface area contributed by atoms with Gasteiger partial charge >= 0.3 is 0 Å². The zero-order valence-corrected chi connectivity index (χ0v) is 13.3. The minimum atomic E-state index is 0.542. The third-order valence-electron chi connectivity index (χ3n) is 3.64. The Morgan fingerprint density at radius 2 is 2.00 bits per heavy atom. The molecule has 0 radical (unpaired) electrons. The van der Waals surface area contributed by atoms with E-state index in [4.69, 9.17) is 15.2 Å². The summed E-state index contributed by atoms with van der Waals surface area (Å²) >= 11 is 1.63. The lowest BCUT2D eigenvalue weighted by Crippen LogP contribution is -2.38. The van der Waals surface area contributed by atoms with Gasteiger partial charge in [0.2, 0.25) is 0 Å². The lowest BCUT2D eigenvalue weighted by molar-refractivity contribution is 0.0322. The topological polar surface area (TPSA) is 60.6 Å². The summed E-state index contributed by atoms with van der Waals surface area (Å²) in [4.78, 5) is 7.85. The summed E-state index contributed by atoms with van der Waals surface area (Å²) in [7, 11) is 0. The highest BCUT2D eigenvalue weighted by molar-refractivity contribution is 7.15. The second-order valence-electron chi connectivity index (χ2n) is 5.16. The van der Waals surface area contributed by atoms with Crippen LogP contribution in [0.15, 0.2) is 30.5 Å². The van der Waals surface area contributed by atoms with Gasteiger partial charge < -0.3 is 15.2 Å². The zero-order chi connectivity index (χ0) is 15.2. The van der Waals surface area contributed by atoms with Crippen molar-refractivity contribution < 1.29 is 9.47 Å². The summed E-state index contributed by atoms with van der Waals surface area (Å²) < 4.78 is 11.1. The number of morpholine rings is 1. The van der Waals surface area contributed by atoms with Crippen molar-refractivity contribution in [2.45, 2.75) is 6.54 Å². The van der Waals surface area contributed by atoms with Crippen LogP contribution in [0.3, 0.4) is 0 Å². The number of aromatic nitrogens is 1. The van der Waals surface area contributed by atoms with Crippen LogP contribution in [0.25, 0.3) is 10.6 Å². The molecule has 2 aromatic rings. The lowest BCUT2D eigenvalue weighted by atomic mass is 10.2. The van der Waals surface area contributed by atoms with Crippen molar-refractivity contribution in [3.8, 4) is 16.3 Å². The van der Waals surface area contributed by atoms with Crippen LogP contribution in [0.2, 0.25) is 0 Å². The standard InChI is InChI=1S/C16H21N3O2S/c17-11-15-12-18-16(22-15)13-1-3-14(4-2-13)21-10-7-19-5-8-20-9-6-19/h1-4,12H,5-11,17H2. The summed E-state index contributed by atoms with van der Waals surface area (Å²) in [5, 5.41) is 1.00. The summed E-state index contributed by atoms with van der Waals surface area (Å²) in [5.41, 5.74) is 6.72. The molecule has 0 atom stereocenters. The molecule has 1 aromatic heterocycles. The number of hydrogen-bond donors (Lipinski definition) is 1. The van der Waals surface area contributed by atoms with Gasteiger partial charge in [-0.1, -0.05) is 0 Å². The molecular formula is C16H21N3O2S. The second-order valence-corrected chi connectivity index (χ2v) is 6.28. The first-order valence-corrected chi connectivity index (χ1v) is 8.35. The number of nitrogens with zero attached hydrogens (tertiary/aromatic N) is 2. The fourth-order valence-electron chi connectivity index (χ4n) is 2.35. The van der Waals surface area contributed by atoms with E-state index in [0.717, 1.165) is 54.0 Å². The minimum Gasteiger partial charge on any atom is -0.492 e. The van der Waals surface area contributed by atoms with Gasteiger partial charge in [0.1, 0.15) is 17.4 Å². The molecular weight excluding hydrogens is 298 g/mol. The minimum absolute atomic E-state index is 0.542. The normalized spacial score (nSPS) is 15.9. The highest BCUT2D eigenvalue weighted by atomic mass is 32.1. The summed E-state index contributed by atoms with van der Waals surface area (Å²) in [6.07, 6.45) is 1.84. The molecule has 5 nitrogen and oxygen atoms in total. The maximum atomic E-state index is 5.81. The first-order valence-electron chi connectivity index (χ1n) is 7.53.